The summed E-state index contributed by atoms with van der Waals surface area (Å²) in [5.74, 6) is -5.51. The normalized spacial score (nSPS) is 29.6. The number of benzene rings is 3. The quantitative estimate of drug-likeness (QED) is 0.0534. The molecule has 0 aromatic heterocycles. The Morgan fingerprint density at radius 3 is 1.92 bits per heavy atom. The lowest BCUT2D eigenvalue weighted by Crippen LogP contribution is -2.81. The first-order chi connectivity index (χ1) is 34.6. The van der Waals surface area contributed by atoms with Crippen LogP contribution in [0.4, 0.5) is 0 Å². The van der Waals surface area contributed by atoms with Crippen molar-refractivity contribution in [1.29, 1.82) is 0 Å². The summed E-state index contributed by atoms with van der Waals surface area (Å²) in [7, 11) is -1.09. The van der Waals surface area contributed by atoms with Gasteiger partial charge in [-0.15, -0.1) is 0 Å². The van der Waals surface area contributed by atoms with Crippen molar-refractivity contribution in [2.24, 2.45) is 16.7 Å². The predicted molar refractivity (Wildman–Crippen MR) is 273 cm³/mol. The summed E-state index contributed by atoms with van der Waals surface area (Å²) >= 11 is 0. The molecule has 0 radical (unpaired) electrons. The number of Topliss-reactive ketones (excluding diaryl/α,β-unsaturated/α-hetero) is 1. The number of ether oxygens (including phenoxy) is 7. The summed E-state index contributed by atoms with van der Waals surface area (Å²) in [6, 6.07) is 26.7. The molecule has 73 heavy (non-hydrogen) atoms. The number of ketones is 1. The summed E-state index contributed by atoms with van der Waals surface area (Å²) in [5, 5.41) is 17.4. The number of hydrogen-bond acceptors (Lipinski definition) is 14. The number of nitrogens with one attached hydrogen (secondary N) is 1. The number of methoxy groups -OCH3 is 1. The number of aliphatic hydroxyl groups is 1. The third-order valence-electron chi connectivity index (χ3n) is 17.3. The van der Waals surface area contributed by atoms with E-state index in [-0.39, 0.29) is 24.4 Å². The van der Waals surface area contributed by atoms with E-state index in [9.17, 15) is 24.3 Å². The van der Waals surface area contributed by atoms with E-state index in [0.29, 0.717) is 23.1 Å². The van der Waals surface area contributed by atoms with Crippen LogP contribution in [0.5, 0.6) is 0 Å². The highest BCUT2D eigenvalue weighted by Crippen LogP contribution is 2.69. The van der Waals surface area contributed by atoms with Crippen LogP contribution in [-0.4, -0.2) is 117 Å². The first-order valence-corrected chi connectivity index (χ1v) is 28.3. The Hall–Kier alpha value is -5.52. The van der Waals surface area contributed by atoms with Gasteiger partial charge in [-0.3, -0.25) is 19.2 Å². The van der Waals surface area contributed by atoms with E-state index in [1.54, 1.807) is 119 Å². The molecule has 3 aromatic carbocycles. The van der Waals surface area contributed by atoms with Gasteiger partial charge in [-0.2, -0.15) is 0 Å². The predicted octanol–water partition coefficient (Wildman–Crippen LogP) is 8.31. The molecule has 3 aliphatic carbocycles. The Kier molecular flexibility index (Phi) is 16.5. The van der Waals surface area contributed by atoms with Crippen LogP contribution in [0.2, 0.25) is 23.7 Å². The topological polar surface area (TPSA) is 199 Å². The van der Waals surface area contributed by atoms with Gasteiger partial charge in [-0.25, -0.2) is 9.59 Å². The van der Waals surface area contributed by atoms with Crippen molar-refractivity contribution in [3.05, 3.63) is 119 Å². The molecule has 1 saturated heterocycles. The minimum Gasteiger partial charge on any atom is -0.456 e. The molecule has 3 aromatic rings. The van der Waals surface area contributed by atoms with Gasteiger partial charge < -0.3 is 43.6 Å². The molecule has 1 heterocycles. The van der Waals surface area contributed by atoms with Crippen LogP contribution in [0.25, 0.3) is 0 Å². The van der Waals surface area contributed by atoms with Gasteiger partial charge in [0.25, 0.3) is 5.91 Å². The van der Waals surface area contributed by atoms with Gasteiger partial charge in [0.2, 0.25) is 0 Å². The van der Waals surface area contributed by atoms with Gasteiger partial charge in [-0.05, 0) is 66.8 Å². The van der Waals surface area contributed by atoms with Gasteiger partial charge in [-0.1, -0.05) is 126 Å². The van der Waals surface area contributed by atoms with E-state index in [2.05, 4.69) is 26.1 Å². The van der Waals surface area contributed by atoms with E-state index >= 15 is 9.59 Å². The van der Waals surface area contributed by atoms with Crippen LogP contribution in [0.3, 0.4) is 0 Å². The number of esters is 4. The van der Waals surface area contributed by atoms with Crippen molar-refractivity contribution in [2.45, 2.75) is 160 Å². The largest absolute Gasteiger partial charge is 0.456 e. The zero-order chi connectivity index (χ0) is 53.3. The Morgan fingerprint density at radius 1 is 0.822 bits per heavy atom. The Balaban J connectivity index is 1.48. The molecule has 394 valence electrons. The monoisotopic (exact) mass is 1020 g/mol. The lowest BCUT2D eigenvalue weighted by Gasteiger charge is -2.70. The van der Waals surface area contributed by atoms with E-state index in [4.69, 9.17) is 33.2 Å². The number of hydrogen-bond donors (Lipinski definition) is 2. The molecule has 1 aliphatic heterocycles. The summed E-state index contributed by atoms with van der Waals surface area (Å²) in [4.78, 5) is 88.0. The fourth-order valence-electron chi connectivity index (χ4n) is 13.0. The molecular weight excluding hydrogens is 951 g/mol. The van der Waals surface area contributed by atoms with Gasteiger partial charge >= 0.3 is 23.9 Å². The second kappa shape index (κ2) is 21.7. The molecule has 4 aliphatic rings. The van der Waals surface area contributed by atoms with Gasteiger partial charge in [0.15, 0.2) is 23.6 Å². The standard InChI is InChI=1S/C57H73NO14Si/c1-12-73(13-2,14-3)43-30-42-56(33-68-42,72-37(7)60)48-50(71-52(63)40-28-22-17-23-29-40)57(65)31-41(35(5)44(54(57,8)9)46(69-36(6)59)49(61)55(43,48)10)70-53(64)47(67-32-34(4)66-11)45(38-24-18-15-19-25-38)58-51(62)39-26-20-16-21-27-39/h15-29,34,41-43,45-48,50,65H,12-14,30-33H2,1-11H3,(H,58,62)/t34?,41-,42+,43-,45-,46+,47+,48?,50?,55+,56-,57+/m0/s1. The highest BCUT2D eigenvalue weighted by Gasteiger charge is 2.79. The van der Waals surface area contributed by atoms with Crippen LogP contribution in [0.1, 0.15) is 114 Å². The lowest BCUT2D eigenvalue weighted by atomic mass is 9.45. The van der Waals surface area contributed by atoms with Crippen LogP contribution in [0, 0.1) is 16.7 Å². The third kappa shape index (κ3) is 9.85. The second-order valence-corrected chi connectivity index (χ2v) is 26.7. The van der Waals surface area contributed by atoms with Crippen molar-refractivity contribution in [3.8, 4) is 0 Å². The summed E-state index contributed by atoms with van der Waals surface area (Å²) in [5.41, 5.74) is -6.02. The maximum atomic E-state index is 16.6. The number of carbonyl (C=O) groups excluding carboxylic acids is 6. The summed E-state index contributed by atoms with van der Waals surface area (Å²) in [6.45, 7) is 17.2. The van der Waals surface area contributed by atoms with E-state index in [1.165, 1.54) is 21.0 Å². The van der Waals surface area contributed by atoms with Crippen molar-refractivity contribution in [1.82, 2.24) is 5.32 Å². The Morgan fingerprint density at radius 2 is 1.40 bits per heavy atom. The van der Waals surface area contributed by atoms with Crippen LogP contribution in [-0.2, 0) is 52.3 Å². The highest BCUT2D eigenvalue weighted by molar-refractivity contribution is 6.81. The van der Waals surface area contributed by atoms with Crippen LogP contribution in [0.15, 0.2) is 102 Å². The van der Waals surface area contributed by atoms with Crippen molar-refractivity contribution in [3.63, 3.8) is 0 Å². The fourth-order valence-corrected chi connectivity index (χ4v) is 18.3. The van der Waals surface area contributed by atoms with Crippen molar-refractivity contribution >= 4 is 43.6 Å². The molecule has 0 spiro atoms. The van der Waals surface area contributed by atoms with E-state index in [0.717, 1.165) is 18.1 Å². The average Bonchev–Trinajstić information content (AvgIpc) is 3.37. The SMILES string of the molecule is CC[Si](CC)(CC)[C@H]1C[C@H]2OC[C@@]2(OC(C)=O)C2C(OC(=O)c3ccccc3)[C@]3(O)C[C@H](OC(=O)[C@H](OCC(C)OC)[C@@H](NC(=O)c4ccccc4)c4ccccc4)C(C)=C([C@@H](OC(C)=O)C(=O)[C@@]21C)C3(C)C. The van der Waals surface area contributed by atoms with Crippen molar-refractivity contribution in [2.75, 3.05) is 20.3 Å². The maximum Gasteiger partial charge on any atom is 0.338 e. The van der Waals surface area contributed by atoms with Gasteiger partial charge in [0, 0.05) is 43.8 Å². The first-order valence-electron chi connectivity index (χ1n) is 25.6. The zero-order valence-electron chi connectivity index (χ0n) is 44.1. The first kappa shape index (κ1) is 55.2. The molecule has 2 bridgehead atoms. The fraction of sp³-hybridized carbons (Fsp3) is 0.544. The lowest BCUT2D eigenvalue weighted by molar-refractivity contribution is -0.332. The molecule has 1 amide bonds. The number of amides is 1. The second-order valence-electron chi connectivity index (χ2n) is 21.2. The van der Waals surface area contributed by atoms with E-state index < -0.39 is 126 Å². The van der Waals surface area contributed by atoms with Gasteiger partial charge in [0.1, 0.15) is 23.9 Å². The average molecular weight is 1020 g/mol. The smallest absolute Gasteiger partial charge is 0.338 e. The minimum atomic E-state index is -2.59. The zero-order valence-corrected chi connectivity index (χ0v) is 45.1. The number of rotatable bonds is 18. The molecule has 2 N–H and O–H groups in total. The Labute approximate surface area is 430 Å². The molecule has 16 heteroatoms. The molecule has 3 fully saturated rings. The van der Waals surface area contributed by atoms with Crippen molar-refractivity contribution < 1.29 is 67.0 Å². The molecule has 15 nitrogen and oxygen atoms in total. The van der Waals surface area contributed by atoms with Crippen LogP contribution >= 0.6 is 0 Å². The maximum absolute atomic E-state index is 16.6. The van der Waals surface area contributed by atoms with Gasteiger partial charge in [0.05, 0.1) is 44.9 Å². The number of fused-ring (bicyclic) bond motifs is 5. The van der Waals surface area contributed by atoms with Crippen LogP contribution < -0.4 is 5.32 Å². The molecule has 3 unspecified atom stereocenters. The molecular formula is C57H73NO14Si. The van der Waals surface area contributed by atoms with E-state index in [1.807, 2.05) is 6.92 Å². The molecule has 2 saturated carbocycles. The molecule has 12 atom stereocenters. The Bertz CT molecular complexity index is 2540. The molecule has 7 rings (SSSR count). The minimum absolute atomic E-state index is 0.107. The summed E-state index contributed by atoms with van der Waals surface area (Å²) < 4.78 is 44.5. The third-order valence-corrected chi connectivity index (χ3v) is 23.8. The highest BCUT2D eigenvalue weighted by atomic mass is 28.3. The number of carbonyl (C=O) groups is 6. The summed E-state index contributed by atoms with van der Waals surface area (Å²) in [6.07, 6.45) is -7.60.